The van der Waals surface area contributed by atoms with E-state index in [9.17, 15) is 4.91 Å². The third kappa shape index (κ3) is 3.45. The van der Waals surface area contributed by atoms with Crippen LogP contribution in [0.5, 0.6) is 0 Å². The van der Waals surface area contributed by atoms with Crippen LogP contribution in [0.15, 0.2) is 41.6 Å². The van der Waals surface area contributed by atoms with Gasteiger partial charge < -0.3 is 10.2 Å². The van der Waals surface area contributed by atoms with Crippen molar-refractivity contribution in [3.05, 3.63) is 41.3 Å². The first kappa shape index (κ1) is 15.0. The maximum Gasteiger partial charge on any atom is 0.115 e. The fraction of sp³-hybridized carbons (Fsp3) is 0.444. The summed E-state index contributed by atoms with van der Waals surface area (Å²) in [6, 6.07) is 11.7. The molecule has 0 amide bonds. The molecule has 0 spiro atoms. The topological polar surface area (TPSA) is 44.7 Å². The predicted octanol–water partition coefficient (Wildman–Crippen LogP) is 4.53. The van der Waals surface area contributed by atoms with Crippen molar-refractivity contribution in [3.63, 3.8) is 0 Å². The van der Waals surface area contributed by atoms with Gasteiger partial charge in [-0.25, -0.2) is 0 Å². The van der Waals surface area contributed by atoms with E-state index >= 15 is 0 Å². The number of nitroso groups, excluding NO2 is 1. The van der Waals surface area contributed by atoms with E-state index in [1.807, 2.05) is 30.3 Å². The number of fused-ring (bicyclic) bond motifs is 1. The smallest absolute Gasteiger partial charge is 0.115 e. The monoisotopic (exact) mass is 297 g/mol. The van der Waals surface area contributed by atoms with E-state index < -0.39 is 0 Å². The summed E-state index contributed by atoms with van der Waals surface area (Å²) in [6.45, 7) is 4.44. The lowest BCUT2D eigenvalue weighted by molar-refractivity contribution is 0.296. The second-order valence-electron chi connectivity index (χ2n) is 5.95. The molecule has 0 bridgehead atoms. The maximum absolute atomic E-state index is 10.9. The molecule has 2 aromatic carbocycles. The third-order valence-electron chi connectivity index (χ3n) is 4.44. The highest BCUT2D eigenvalue weighted by molar-refractivity contribution is 6.00. The molecule has 3 rings (SSSR count). The predicted molar refractivity (Wildman–Crippen MR) is 92.8 cm³/mol. The number of benzene rings is 2. The molecule has 0 unspecified atom stereocenters. The summed E-state index contributed by atoms with van der Waals surface area (Å²) in [5, 5.41) is 8.62. The number of hydrogen-bond acceptors (Lipinski definition) is 4. The largest absolute Gasteiger partial charge is 0.383 e. The minimum atomic E-state index is 0.508. The molecule has 1 heterocycles. The molecule has 0 atom stereocenters. The molecule has 1 fully saturated rings. The number of likely N-dealkylation sites (tertiary alicyclic amines) is 1. The normalized spacial score (nSPS) is 16.4. The van der Waals surface area contributed by atoms with Crippen molar-refractivity contribution < 1.29 is 0 Å². The standard InChI is InChI=1S/C18H23N3O/c22-20-18-10-9-17(15-7-3-4-8-16(15)18)19-11-14-21-12-5-1-2-6-13-21/h3-4,7-10,19H,1-2,5-6,11-14H2. The Bertz CT molecular complexity index is 633. The van der Waals surface area contributed by atoms with Crippen LogP contribution in [0.4, 0.5) is 11.4 Å². The molecule has 0 radical (unpaired) electrons. The molecule has 1 N–H and O–H groups in total. The third-order valence-corrected chi connectivity index (χ3v) is 4.44. The Morgan fingerprint density at radius 1 is 0.955 bits per heavy atom. The Morgan fingerprint density at radius 2 is 1.68 bits per heavy atom. The number of hydrogen-bond donors (Lipinski definition) is 1. The Labute approximate surface area is 131 Å². The first-order valence-electron chi connectivity index (χ1n) is 8.20. The summed E-state index contributed by atoms with van der Waals surface area (Å²) in [4.78, 5) is 13.5. The maximum atomic E-state index is 10.9. The van der Waals surface area contributed by atoms with Gasteiger partial charge in [0.05, 0.1) is 0 Å². The second-order valence-corrected chi connectivity index (χ2v) is 5.95. The SMILES string of the molecule is O=Nc1ccc(NCCN2CCCCCC2)c2ccccc12. The van der Waals surface area contributed by atoms with Crippen LogP contribution in [0.25, 0.3) is 10.8 Å². The van der Waals surface area contributed by atoms with Gasteiger partial charge in [0.2, 0.25) is 0 Å². The highest BCUT2D eigenvalue weighted by Gasteiger charge is 2.09. The summed E-state index contributed by atoms with van der Waals surface area (Å²) in [5.41, 5.74) is 1.59. The molecule has 4 nitrogen and oxygen atoms in total. The first-order chi connectivity index (χ1) is 10.9. The lowest BCUT2D eigenvalue weighted by Gasteiger charge is -2.20. The van der Waals surface area contributed by atoms with Crippen molar-refractivity contribution in [1.29, 1.82) is 0 Å². The van der Waals surface area contributed by atoms with Crippen molar-refractivity contribution in [3.8, 4) is 0 Å². The van der Waals surface area contributed by atoms with Crippen molar-refractivity contribution in [2.24, 2.45) is 5.18 Å². The van der Waals surface area contributed by atoms with Crippen molar-refractivity contribution >= 4 is 22.1 Å². The van der Waals surface area contributed by atoms with Gasteiger partial charge in [-0.3, -0.25) is 0 Å². The lowest BCUT2D eigenvalue weighted by atomic mass is 10.1. The fourth-order valence-corrected chi connectivity index (χ4v) is 3.23. The number of nitrogens with zero attached hydrogens (tertiary/aromatic N) is 2. The van der Waals surface area contributed by atoms with E-state index in [1.165, 1.54) is 38.8 Å². The van der Waals surface area contributed by atoms with Crippen LogP contribution < -0.4 is 5.32 Å². The first-order valence-corrected chi connectivity index (χ1v) is 8.20. The van der Waals surface area contributed by atoms with Gasteiger partial charge in [-0.1, -0.05) is 37.1 Å². The van der Waals surface area contributed by atoms with Gasteiger partial charge in [0, 0.05) is 29.5 Å². The van der Waals surface area contributed by atoms with Crippen LogP contribution in [0.2, 0.25) is 0 Å². The number of rotatable bonds is 5. The van der Waals surface area contributed by atoms with E-state index in [-0.39, 0.29) is 0 Å². The summed E-state index contributed by atoms with van der Waals surface area (Å²) in [7, 11) is 0. The van der Waals surface area contributed by atoms with E-state index in [1.54, 1.807) is 6.07 Å². The highest BCUT2D eigenvalue weighted by atomic mass is 16.3. The Kier molecular flexibility index (Phi) is 5.01. The molecule has 4 heteroatoms. The highest BCUT2D eigenvalue weighted by Crippen LogP contribution is 2.31. The summed E-state index contributed by atoms with van der Waals surface area (Å²) in [6.07, 6.45) is 5.38. The van der Waals surface area contributed by atoms with E-state index in [0.29, 0.717) is 5.69 Å². The Morgan fingerprint density at radius 3 is 2.41 bits per heavy atom. The van der Waals surface area contributed by atoms with Crippen LogP contribution in [0.3, 0.4) is 0 Å². The molecule has 116 valence electrons. The molecular weight excluding hydrogens is 274 g/mol. The fourth-order valence-electron chi connectivity index (χ4n) is 3.23. The van der Waals surface area contributed by atoms with Crippen molar-refractivity contribution in [2.45, 2.75) is 25.7 Å². The zero-order valence-corrected chi connectivity index (χ0v) is 12.9. The van der Waals surface area contributed by atoms with E-state index in [4.69, 9.17) is 0 Å². The Hall–Kier alpha value is -1.94. The molecule has 1 saturated heterocycles. The van der Waals surface area contributed by atoms with Crippen LogP contribution in [-0.4, -0.2) is 31.1 Å². The van der Waals surface area contributed by atoms with Crippen LogP contribution in [0.1, 0.15) is 25.7 Å². The van der Waals surface area contributed by atoms with Gasteiger partial charge in [-0.2, -0.15) is 0 Å². The Balaban J connectivity index is 1.67. The van der Waals surface area contributed by atoms with Gasteiger partial charge in [-0.05, 0) is 43.2 Å². The molecular formula is C18H23N3O. The molecule has 1 aliphatic heterocycles. The van der Waals surface area contributed by atoms with Gasteiger partial charge in [-0.15, -0.1) is 4.91 Å². The van der Waals surface area contributed by atoms with Crippen LogP contribution >= 0.6 is 0 Å². The van der Waals surface area contributed by atoms with E-state index in [2.05, 4.69) is 15.4 Å². The quantitative estimate of drug-likeness (QED) is 0.825. The average Bonchev–Trinajstić information content (AvgIpc) is 2.84. The minimum Gasteiger partial charge on any atom is -0.383 e. The van der Waals surface area contributed by atoms with Crippen LogP contribution in [0, 0.1) is 4.91 Å². The van der Waals surface area contributed by atoms with Gasteiger partial charge in [0.1, 0.15) is 5.69 Å². The minimum absolute atomic E-state index is 0.508. The zero-order valence-electron chi connectivity index (χ0n) is 12.9. The molecule has 2 aromatic rings. The number of anilines is 1. The van der Waals surface area contributed by atoms with E-state index in [0.717, 1.165) is 29.5 Å². The summed E-state index contributed by atoms with van der Waals surface area (Å²) < 4.78 is 0. The van der Waals surface area contributed by atoms with Gasteiger partial charge >= 0.3 is 0 Å². The second kappa shape index (κ2) is 7.36. The average molecular weight is 297 g/mol. The summed E-state index contributed by atoms with van der Waals surface area (Å²) in [5.74, 6) is 0. The molecule has 0 aliphatic carbocycles. The van der Waals surface area contributed by atoms with Crippen molar-refractivity contribution in [2.75, 3.05) is 31.5 Å². The lowest BCUT2D eigenvalue weighted by Crippen LogP contribution is -2.29. The molecule has 1 aliphatic rings. The molecule has 0 aromatic heterocycles. The summed E-state index contributed by atoms with van der Waals surface area (Å²) >= 11 is 0. The van der Waals surface area contributed by atoms with Gasteiger partial charge in [0.15, 0.2) is 0 Å². The molecule has 22 heavy (non-hydrogen) atoms. The van der Waals surface area contributed by atoms with Gasteiger partial charge in [0.25, 0.3) is 0 Å². The van der Waals surface area contributed by atoms with Crippen LogP contribution in [-0.2, 0) is 0 Å². The number of nitrogens with one attached hydrogen (secondary N) is 1. The van der Waals surface area contributed by atoms with Crippen molar-refractivity contribution in [1.82, 2.24) is 4.90 Å². The molecule has 0 saturated carbocycles. The zero-order chi connectivity index (χ0) is 15.2.